The highest BCUT2D eigenvalue weighted by atomic mass is 79.9. The fraction of sp³-hybridized carbons (Fsp3) is 0.364. The summed E-state index contributed by atoms with van der Waals surface area (Å²) in [4.78, 5) is 13.4. The minimum absolute atomic E-state index is 0.152. The second-order valence-corrected chi connectivity index (χ2v) is 4.30. The lowest BCUT2D eigenvalue weighted by atomic mass is 10.1. The molecule has 4 nitrogen and oxygen atoms in total. The number of hydrogen-bond donors (Lipinski definition) is 0. The summed E-state index contributed by atoms with van der Waals surface area (Å²) in [7, 11) is 6.41. The molecule has 0 spiro atoms. The number of ether oxygens (including phenoxy) is 2. The summed E-state index contributed by atoms with van der Waals surface area (Å²) in [6, 6.07) is 3.47. The monoisotopic (exact) mass is 287 g/mol. The summed E-state index contributed by atoms with van der Waals surface area (Å²) in [5.41, 5.74) is 0.429. The van der Waals surface area contributed by atoms with E-state index >= 15 is 0 Å². The number of amides is 1. The molecule has 0 aliphatic rings. The van der Waals surface area contributed by atoms with Crippen LogP contribution in [0, 0.1) is 0 Å². The zero-order chi connectivity index (χ0) is 12.3. The smallest absolute Gasteiger partial charge is 0.260 e. The van der Waals surface area contributed by atoms with E-state index in [4.69, 9.17) is 9.47 Å². The summed E-state index contributed by atoms with van der Waals surface area (Å²) in [6.07, 6.45) is 0. The van der Waals surface area contributed by atoms with E-state index in [0.29, 0.717) is 17.1 Å². The van der Waals surface area contributed by atoms with Crippen LogP contribution in [-0.4, -0.2) is 39.1 Å². The highest BCUT2D eigenvalue weighted by Crippen LogP contribution is 2.33. The third-order valence-corrected chi connectivity index (χ3v) is 2.55. The lowest BCUT2D eigenvalue weighted by Gasteiger charge is -2.16. The minimum Gasteiger partial charge on any atom is -0.496 e. The number of nitrogens with zero attached hydrogens (tertiary/aromatic N) is 1. The van der Waals surface area contributed by atoms with E-state index in [1.165, 1.54) is 19.1 Å². The molecule has 0 bridgehead atoms. The van der Waals surface area contributed by atoms with Gasteiger partial charge < -0.3 is 14.4 Å². The average molecular weight is 288 g/mol. The van der Waals surface area contributed by atoms with Crippen molar-refractivity contribution in [3.63, 3.8) is 0 Å². The summed E-state index contributed by atoms with van der Waals surface area (Å²) in [5.74, 6) is 0.830. The quantitative estimate of drug-likeness (QED) is 0.855. The SMILES string of the molecule is COc1cc(Br)cc(OC)c1C(=O)N(C)C. The summed E-state index contributed by atoms with van der Waals surface area (Å²) in [6.45, 7) is 0. The van der Waals surface area contributed by atoms with Crippen molar-refractivity contribution in [2.75, 3.05) is 28.3 Å². The first-order valence-electron chi connectivity index (χ1n) is 4.64. The molecule has 0 aliphatic carbocycles. The molecule has 0 saturated heterocycles. The molecule has 0 heterocycles. The van der Waals surface area contributed by atoms with Gasteiger partial charge in [-0.1, -0.05) is 15.9 Å². The Balaban J connectivity index is 3.38. The van der Waals surface area contributed by atoms with E-state index in [0.717, 1.165) is 4.47 Å². The molecule has 1 rings (SSSR count). The van der Waals surface area contributed by atoms with Gasteiger partial charge in [0.15, 0.2) is 0 Å². The van der Waals surface area contributed by atoms with Crippen molar-refractivity contribution in [2.24, 2.45) is 0 Å². The van der Waals surface area contributed by atoms with Crippen molar-refractivity contribution >= 4 is 21.8 Å². The Morgan fingerprint density at radius 3 is 1.94 bits per heavy atom. The molecule has 0 radical (unpaired) electrons. The molecule has 1 aromatic rings. The molecular formula is C11H14BrNO3. The molecule has 0 aliphatic heterocycles. The fourth-order valence-electron chi connectivity index (χ4n) is 1.31. The van der Waals surface area contributed by atoms with E-state index in [-0.39, 0.29) is 5.91 Å². The normalized spacial score (nSPS) is 9.81. The van der Waals surface area contributed by atoms with Gasteiger partial charge in [-0.05, 0) is 12.1 Å². The standard InChI is InChI=1S/C11H14BrNO3/c1-13(2)11(14)10-8(15-3)5-7(12)6-9(10)16-4/h5-6H,1-4H3. The van der Waals surface area contributed by atoms with Crippen molar-refractivity contribution in [3.8, 4) is 11.5 Å². The predicted octanol–water partition coefficient (Wildman–Crippen LogP) is 2.17. The molecule has 88 valence electrons. The number of benzene rings is 1. The highest BCUT2D eigenvalue weighted by Gasteiger charge is 2.20. The Morgan fingerprint density at radius 2 is 1.62 bits per heavy atom. The summed E-state index contributed by atoms with van der Waals surface area (Å²) in [5, 5.41) is 0. The number of carbonyl (C=O) groups is 1. The largest absolute Gasteiger partial charge is 0.496 e. The van der Waals surface area contributed by atoms with Crippen molar-refractivity contribution in [1.82, 2.24) is 4.90 Å². The van der Waals surface area contributed by atoms with Crippen LogP contribution in [0.3, 0.4) is 0 Å². The number of hydrogen-bond acceptors (Lipinski definition) is 3. The van der Waals surface area contributed by atoms with Crippen LogP contribution in [0.4, 0.5) is 0 Å². The van der Waals surface area contributed by atoms with Crippen LogP contribution in [-0.2, 0) is 0 Å². The van der Waals surface area contributed by atoms with Gasteiger partial charge in [-0.15, -0.1) is 0 Å². The maximum Gasteiger partial charge on any atom is 0.260 e. The highest BCUT2D eigenvalue weighted by molar-refractivity contribution is 9.10. The molecular weight excluding hydrogens is 274 g/mol. The molecule has 1 amide bonds. The van der Waals surface area contributed by atoms with Crippen LogP contribution >= 0.6 is 15.9 Å². The number of halogens is 1. The van der Waals surface area contributed by atoms with Crippen molar-refractivity contribution in [1.29, 1.82) is 0 Å². The Labute approximate surface area is 103 Å². The second kappa shape index (κ2) is 5.21. The van der Waals surface area contributed by atoms with Gasteiger partial charge >= 0.3 is 0 Å². The van der Waals surface area contributed by atoms with Crippen LogP contribution in [0.15, 0.2) is 16.6 Å². The zero-order valence-electron chi connectivity index (χ0n) is 9.70. The van der Waals surface area contributed by atoms with Crippen molar-refractivity contribution < 1.29 is 14.3 Å². The summed E-state index contributed by atoms with van der Waals surface area (Å²) >= 11 is 3.33. The molecule has 0 saturated carbocycles. The fourth-order valence-corrected chi connectivity index (χ4v) is 1.73. The summed E-state index contributed by atoms with van der Waals surface area (Å²) < 4.78 is 11.2. The Kier molecular flexibility index (Phi) is 4.18. The van der Waals surface area contributed by atoms with Crippen LogP contribution in [0.5, 0.6) is 11.5 Å². The number of carbonyl (C=O) groups excluding carboxylic acids is 1. The maximum absolute atomic E-state index is 12.0. The van der Waals surface area contributed by atoms with Gasteiger partial charge in [0.1, 0.15) is 17.1 Å². The van der Waals surface area contributed by atoms with Gasteiger partial charge in [0, 0.05) is 18.6 Å². The lowest BCUT2D eigenvalue weighted by Crippen LogP contribution is -2.23. The first-order chi connectivity index (χ1) is 7.51. The maximum atomic E-state index is 12.0. The Morgan fingerprint density at radius 1 is 1.19 bits per heavy atom. The average Bonchev–Trinajstić information content (AvgIpc) is 2.26. The molecule has 0 N–H and O–H groups in total. The molecule has 16 heavy (non-hydrogen) atoms. The van der Waals surface area contributed by atoms with Gasteiger partial charge in [0.05, 0.1) is 14.2 Å². The van der Waals surface area contributed by atoms with Crippen LogP contribution in [0.2, 0.25) is 0 Å². The molecule has 0 fully saturated rings. The van der Waals surface area contributed by atoms with Crippen molar-refractivity contribution in [3.05, 3.63) is 22.2 Å². The zero-order valence-corrected chi connectivity index (χ0v) is 11.3. The molecule has 0 aromatic heterocycles. The van der Waals surface area contributed by atoms with Gasteiger partial charge in [0.2, 0.25) is 0 Å². The van der Waals surface area contributed by atoms with Crippen molar-refractivity contribution in [2.45, 2.75) is 0 Å². The van der Waals surface area contributed by atoms with E-state index in [9.17, 15) is 4.79 Å². The van der Waals surface area contributed by atoms with Crippen LogP contribution < -0.4 is 9.47 Å². The predicted molar refractivity (Wildman–Crippen MR) is 65.3 cm³/mol. The number of rotatable bonds is 3. The first kappa shape index (κ1) is 12.8. The minimum atomic E-state index is -0.152. The van der Waals surface area contributed by atoms with E-state index < -0.39 is 0 Å². The van der Waals surface area contributed by atoms with E-state index in [2.05, 4.69) is 15.9 Å². The van der Waals surface area contributed by atoms with Gasteiger partial charge in [-0.3, -0.25) is 4.79 Å². The lowest BCUT2D eigenvalue weighted by molar-refractivity contribution is 0.0820. The first-order valence-corrected chi connectivity index (χ1v) is 5.43. The van der Waals surface area contributed by atoms with Gasteiger partial charge in [-0.25, -0.2) is 0 Å². The Hall–Kier alpha value is -1.23. The number of methoxy groups -OCH3 is 2. The van der Waals surface area contributed by atoms with E-state index in [1.807, 2.05) is 0 Å². The third kappa shape index (κ3) is 2.47. The Bertz CT molecular complexity index is 379. The molecule has 0 atom stereocenters. The van der Waals surface area contributed by atoms with E-state index in [1.54, 1.807) is 26.2 Å². The van der Waals surface area contributed by atoms with Crippen LogP contribution in [0.1, 0.15) is 10.4 Å². The topological polar surface area (TPSA) is 38.8 Å². The van der Waals surface area contributed by atoms with Gasteiger partial charge in [0.25, 0.3) is 5.91 Å². The molecule has 1 aromatic carbocycles. The molecule has 5 heteroatoms. The van der Waals surface area contributed by atoms with Crippen LogP contribution in [0.25, 0.3) is 0 Å². The van der Waals surface area contributed by atoms with Gasteiger partial charge in [-0.2, -0.15) is 0 Å². The third-order valence-electron chi connectivity index (χ3n) is 2.09. The molecule has 0 unspecified atom stereocenters. The second-order valence-electron chi connectivity index (χ2n) is 3.38.